The Morgan fingerprint density at radius 1 is 0.466 bits per heavy atom. The van der Waals surface area contributed by atoms with Crippen LogP contribution in [0.3, 0.4) is 0 Å². The summed E-state index contributed by atoms with van der Waals surface area (Å²) in [6.45, 7) is 4.91. The summed E-state index contributed by atoms with van der Waals surface area (Å²) >= 11 is 0. The zero-order valence-corrected chi connectivity index (χ0v) is 39.0. The first kappa shape index (κ1) is 56.6. The van der Waals surface area contributed by atoms with Gasteiger partial charge >= 0.3 is 5.97 Å². The van der Waals surface area contributed by atoms with Gasteiger partial charge in [-0.25, -0.2) is 0 Å². The molecule has 0 aliphatic carbocycles. The second kappa shape index (κ2) is 48.3. The number of hydrogen-bond acceptors (Lipinski definition) is 5. The summed E-state index contributed by atoms with van der Waals surface area (Å²) < 4.78 is 5.47. The topological polar surface area (TPSA) is 95.9 Å². The Bertz CT molecular complexity index is 863. The predicted molar refractivity (Wildman–Crippen MR) is 250 cm³/mol. The van der Waals surface area contributed by atoms with Gasteiger partial charge in [-0.05, 0) is 51.4 Å². The molecule has 6 heteroatoms. The first-order chi connectivity index (χ1) is 28.5. The largest absolute Gasteiger partial charge is 0.466 e. The van der Waals surface area contributed by atoms with Crippen LogP contribution in [-0.2, 0) is 14.3 Å². The van der Waals surface area contributed by atoms with Crippen molar-refractivity contribution in [2.24, 2.45) is 0 Å². The highest BCUT2D eigenvalue weighted by atomic mass is 16.5. The molecule has 2 unspecified atom stereocenters. The molecule has 0 fully saturated rings. The number of amides is 1. The molecule has 3 N–H and O–H groups in total. The van der Waals surface area contributed by atoms with Crippen molar-refractivity contribution in [3.8, 4) is 0 Å². The maximum absolute atomic E-state index is 12.4. The molecule has 0 spiro atoms. The predicted octanol–water partition coefficient (Wildman–Crippen LogP) is 15.3. The van der Waals surface area contributed by atoms with Crippen LogP contribution in [0.25, 0.3) is 0 Å². The highest BCUT2D eigenvalue weighted by molar-refractivity contribution is 5.76. The number of allylic oxidation sites excluding steroid dienone is 2. The number of carbonyl (C=O) groups excluding carboxylic acids is 2. The number of hydrogen-bond donors (Lipinski definition) is 3. The maximum atomic E-state index is 12.4. The van der Waals surface area contributed by atoms with Gasteiger partial charge in [0.25, 0.3) is 0 Å². The van der Waals surface area contributed by atoms with Crippen molar-refractivity contribution in [2.45, 2.75) is 296 Å². The van der Waals surface area contributed by atoms with Gasteiger partial charge in [0, 0.05) is 12.8 Å². The Balaban J connectivity index is 3.44. The molecule has 6 nitrogen and oxygen atoms in total. The number of aliphatic hydroxyl groups excluding tert-OH is 2. The lowest BCUT2D eigenvalue weighted by molar-refractivity contribution is -0.143. The summed E-state index contributed by atoms with van der Waals surface area (Å²) in [5.41, 5.74) is 0. The first-order valence-corrected chi connectivity index (χ1v) is 25.9. The first-order valence-electron chi connectivity index (χ1n) is 25.9. The Labute approximate surface area is 361 Å². The molecule has 0 rings (SSSR count). The summed E-state index contributed by atoms with van der Waals surface area (Å²) in [6, 6.07) is -0.554. The maximum Gasteiger partial charge on any atom is 0.305 e. The number of esters is 1. The molecule has 0 bridgehead atoms. The van der Waals surface area contributed by atoms with Crippen molar-refractivity contribution in [2.75, 3.05) is 13.2 Å². The Hall–Kier alpha value is -1.40. The van der Waals surface area contributed by atoms with Crippen LogP contribution in [0.5, 0.6) is 0 Å². The fourth-order valence-electron chi connectivity index (χ4n) is 8.05. The number of nitrogens with one attached hydrogen (secondary N) is 1. The third-order valence-corrected chi connectivity index (χ3v) is 12.1. The zero-order chi connectivity index (χ0) is 42.3. The second-order valence-electron chi connectivity index (χ2n) is 17.9. The van der Waals surface area contributed by atoms with Crippen LogP contribution in [0, 0.1) is 0 Å². The van der Waals surface area contributed by atoms with E-state index < -0.39 is 12.1 Å². The van der Waals surface area contributed by atoms with E-state index in [1.165, 1.54) is 193 Å². The van der Waals surface area contributed by atoms with Gasteiger partial charge in [-0.1, -0.05) is 231 Å². The van der Waals surface area contributed by atoms with Crippen molar-refractivity contribution >= 4 is 11.9 Å². The smallest absolute Gasteiger partial charge is 0.305 e. The van der Waals surface area contributed by atoms with Gasteiger partial charge in [0.1, 0.15) is 0 Å². The van der Waals surface area contributed by atoms with Crippen LogP contribution < -0.4 is 5.32 Å². The van der Waals surface area contributed by atoms with E-state index >= 15 is 0 Å². The van der Waals surface area contributed by atoms with Gasteiger partial charge in [0.2, 0.25) is 5.91 Å². The minimum absolute atomic E-state index is 0.0164. The van der Waals surface area contributed by atoms with Gasteiger partial charge in [-0.15, -0.1) is 0 Å². The lowest BCUT2D eigenvalue weighted by atomic mass is 10.0. The van der Waals surface area contributed by atoms with Crippen LogP contribution in [0.15, 0.2) is 12.2 Å². The third-order valence-electron chi connectivity index (χ3n) is 12.1. The number of aliphatic hydroxyl groups is 2. The van der Waals surface area contributed by atoms with Crippen molar-refractivity contribution in [3.05, 3.63) is 12.2 Å². The lowest BCUT2D eigenvalue weighted by Crippen LogP contribution is -2.45. The molecule has 0 saturated heterocycles. The molecule has 0 saturated carbocycles. The SMILES string of the molecule is CCCCCCCCC/C=C\CCCCCCCCCC(=O)OCCCCCCCCCCCCCC(=O)NC(CO)C(O)CCCCCCCCCCCCCC. The number of unbranched alkanes of at least 4 members (excludes halogenated alkanes) is 35. The average Bonchev–Trinajstić information content (AvgIpc) is 3.22. The highest BCUT2D eigenvalue weighted by Gasteiger charge is 2.20. The van der Waals surface area contributed by atoms with E-state index in [1.54, 1.807) is 0 Å². The number of rotatable bonds is 48. The summed E-state index contributed by atoms with van der Waals surface area (Å²) in [7, 11) is 0. The van der Waals surface area contributed by atoms with Crippen molar-refractivity contribution < 1.29 is 24.5 Å². The Kier molecular flexibility index (Phi) is 47.1. The molecule has 0 aromatic heterocycles. The molecule has 0 aromatic rings. The molecule has 2 atom stereocenters. The lowest BCUT2D eigenvalue weighted by Gasteiger charge is -2.22. The minimum atomic E-state index is -0.675. The second-order valence-corrected chi connectivity index (χ2v) is 17.9. The molecule has 0 aromatic carbocycles. The molecular formula is C52H101NO5. The van der Waals surface area contributed by atoms with E-state index in [-0.39, 0.29) is 18.5 Å². The number of carbonyl (C=O) groups is 2. The van der Waals surface area contributed by atoms with E-state index in [9.17, 15) is 19.8 Å². The van der Waals surface area contributed by atoms with Crippen LogP contribution >= 0.6 is 0 Å². The van der Waals surface area contributed by atoms with E-state index in [4.69, 9.17) is 4.74 Å². The van der Waals surface area contributed by atoms with Crippen molar-refractivity contribution in [3.63, 3.8) is 0 Å². The van der Waals surface area contributed by atoms with Gasteiger partial charge in [-0.3, -0.25) is 9.59 Å². The average molecular weight is 820 g/mol. The van der Waals surface area contributed by atoms with Crippen LogP contribution in [-0.4, -0.2) is 47.4 Å². The van der Waals surface area contributed by atoms with E-state index in [1.807, 2.05) is 0 Å². The zero-order valence-electron chi connectivity index (χ0n) is 39.0. The molecule has 0 aliphatic rings. The third kappa shape index (κ3) is 44.2. The molecule has 0 aliphatic heterocycles. The Morgan fingerprint density at radius 3 is 1.22 bits per heavy atom. The molecule has 1 amide bonds. The molecule has 344 valence electrons. The van der Waals surface area contributed by atoms with Gasteiger partial charge in [0.05, 0.1) is 25.4 Å². The summed E-state index contributed by atoms with van der Waals surface area (Å²) in [6.07, 6.45) is 54.6. The van der Waals surface area contributed by atoms with Crippen LogP contribution in [0.4, 0.5) is 0 Å². The van der Waals surface area contributed by atoms with Gasteiger partial charge in [-0.2, -0.15) is 0 Å². The van der Waals surface area contributed by atoms with Crippen LogP contribution in [0.1, 0.15) is 284 Å². The Morgan fingerprint density at radius 2 is 0.810 bits per heavy atom. The summed E-state index contributed by atoms with van der Waals surface area (Å²) in [4.78, 5) is 24.5. The summed E-state index contributed by atoms with van der Waals surface area (Å²) in [5.74, 6) is -0.0703. The highest BCUT2D eigenvalue weighted by Crippen LogP contribution is 2.16. The molecule has 0 radical (unpaired) electrons. The molecular weight excluding hydrogens is 719 g/mol. The standard InChI is InChI=1S/C52H101NO5/c1-3-5-7-9-11-13-15-17-18-19-20-21-22-26-30-34-38-42-46-52(57)58-47-43-39-35-31-27-23-25-29-33-37-41-45-51(56)53-49(48-54)50(55)44-40-36-32-28-24-16-14-12-10-8-6-4-2/h18-19,49-50,54-55H,3-17,20-48H2,1-2H3,(H,53,56)/b19-18-. The molecule has 0 heterocycles. The van der Waals surface area contributed by atoms with Gasteiger partial charge in [0.15, 0.2) is 0 Å². The fraction of sp³-hybridized carbons (Fsp3) is 0.923. The monoisotopic (exact) mass is 820 g/mol. The number of ether oxygens (including phenoxy) is 1. The van der Waals surface area contributed by atoms with Gasteiger partial charge < -0.3 is 20.3 Å². The normalized spacial score (nSPS) is 12.7. The quantitative estimate of drug-likeness (QED) is 0.0323. The van der Waals surface area contributed by atoms with Crippen molar-refractivity contribution in [1.82, 2.24) is 5.32 Å². The van der Waals surface area contributed by atoms with E-state index in [0.29, 0.717) is 25.9 Å². The summed E-state index contributed by atoms with van der Waals surface area (Å²) in [5, 5.41) is 23.1. The minimum Gasteiger partial charge on any atom is -0.466 e. The molecule has 58 heavy (non-hydrogen) atoms. The van der Waals surface area contributed by atoms with E-state index in [2.05, 4.69) is 31.3 Å². The fourth-order valence-corrected chi connectivity index (χ4v) is 8.05. The van der Waals surface area contributed by atoms with Crippen LogP contribution in [0.2, 0.25) is 0 Å². The van der Waals surface area contributed by atoms with Crippen molar-refractivity contribution in [1.29, 1.82) is 0 Å². The van der Waals surface area contributed by atoms with E-state index in [0.717, 1.165) is 57.8 Å².